The summed E-state index contributed by atoms with van der Waals surface area (Å²) in [5.74, 6) is -1.91. The molecule has 7 nitrogen and oxygen atoms in total. The topological polar surface area (TPSA) is 106 Å². The molecule has 0 fully saturated rings. The Morgan fingerprint density at radius 3 is 2.59 bits per heavy atom. The summed E-state index contributed by atoms with van der Waals surface area (Å²) in [6, 6.07) is 13.0. The van der Waals surface area contributed by atoms with Crippen LogP contribution in [0.2, 0.25) is 0 Å². The second-order valence-electron chi connectivity index (χ2n) is 6.45. The lowest BCUT2D eigenvalue weighted by Crippen LogP contribution is -2.17. The number of esters is 1. The van der Waals surface area contributed by atoms with Crippen molar-refractivity contribution in [3.63, 3.8) is 0 Å². The number of fused-ring (bicyclic) bond motifs is 1. The van der Waals surface area contributed by atoms with E-state index in [1.54, 1.807) is 56.3 Å². The summed E-state index contributed by atoms with van der Waals surface area (Å²) < 4.78 is 5.03. The molecule has 0 aliphatic rings. The van der Waals surface area contributed by atoms with Crippen molar-refractivity contribution in [2.45, 2.75) is 20.3 Å². The summed E-state index contributed by atoms with van der Waals surface area (Å²) in [5, 5.41) is 12.7. The van der Waals surface area contributed by atoms with Crippen molar-refractivity contribution >= 4 is 34.4 Å². The largest absolute Gasteiger partial charge is 0.478 e. The number of nitrogens with zero attached hydrogens (tertiary/aromatic N) is 1. The fourth-order valence-electron chi connectivity index (χ4n) is 3.05. The number of amides is 1. The van der Waals surface area contributed by atoms with Crippen LogP contribution in [-0.4, -0.2) is 34.5 Å². The first-order valence-corrected chi connectivity index (χ1v) is 9.08. The van der Waals surface area contributed by atoms with Gasteiger partial charge in [0.1, 0.15) is 0 Å². The van der Waals surface area contributed by atoms with Crippen molar-refractivity contribution in [3.8, 4) is 0 Å². The molecule has 7 heteroatoms. The molecule has 0 aliphatic carbocycles. The van der Waals surface area contributed by atoms with Crippen LogP contribution in [0.5, 0.6) is 0 Å². The molecule has 1 heterocycles. The zero-order valence-electron chi connectivity index (χ0n) is 16.1. The fraction of sp³-hybridized carbons (Fsp3) is 0.182. The molecule has 1 amide bonds. The number of carboxylic acid groups (broad SMARTS) is 1. The third-order valence-electron chi connectivity index (χ3n) is 4.32. The number of benzene rings is 2. The van der Waals surface area contributed by atoms with Gasteiger partial charge in [-0.1, -0.05) is 18.2 Å². The maximum Gasteiger partial charge on any atom is 0.338 e. The van der Waals surface area contributed by atoms with Crippen LogP contribution in [0.1, 0.15) is 38.9 Å². The monoisotopic (exact) mass is 392 g/mol. The quantitative estimate of drug-likeness (QED) is 0.621. The van der Waals surface area contributed by atoms with Gasteiger partial charge >= 0.3 is 11.9 Å². The van der Waals surface area contributed by atoms with Crippen LogP contribution in [-0.2, 0) is 16.0 Å². The van der Waals surface area contributed by atoms with Crippen molar-refractivity contribution in [2.75, 3.05) is 11.9 Å². The highest BCUT2D eigenvalue weighted by molar-refractivity contribution is 6.04. The Bertz CT molecular complexity index is 1110. The molecule has 0 aliphatic heterocycles. The Labute approximate surface area is 167 Å². The van der Waals surface area contributed by atoms with E-state index in [2.05, 4.69) is 10.3 Å². The summed E-state index contributed by atoms with van der Waals surface area (Å²) in [5.41, 5.74) is 2.68. The standard InChI is InChI=1S/C22H20N2O5/c1-3-29-22(28)15-8-9-18-17(11-15)19(10-13(2)23-18)24-20(25)12-14-6-4-5-7-16(14)21(26)27/h4-11H,3,12H2,1-2H3,(H,26,27)(H,23,24,25). The van der Waals surface area contributed by atoms with Crippen molar-refractivity contribution in [3.05, 3.63) is 70.9 Å². The fourth-order valence-corrected chi connectivity index (χ4v) is 3.05. The number of anilines is 1. The lowest BCUT2D eigenvalue weighted by atomic mass is 10.0. The minimum atomic E-state index is -1.09. The van der Waals surface area contributed by atoms with E-state index in [-0.39, 0.29) is 24.5 Å². The molecule has 0 saturated carbocycles. The highest BCUT2D eigenvalue weighted by Gasteiger charge is 2.15. The van der Waals surface area contributed by atoms with Crippen molar-refractivity contribution in [1.82, 2.24) is 4.98 Å². The van der Waals surface area contributed by atoms with Gasteiger partial charge in [-0.05, 0) is 49.7 Å². The first kappa shape index (κ1) is 20.0. The Kier molecular flexibility index (Phi) is 5.87. The SMILES string of the molecule is CCOC(=O)c1ccc2nc(C)cc(NC(=O)Cc3ccccc3C(=O)O)c2c1. The van der Waals surface area contributed by atoms with Gasteiger partial charge in [-0.2, -0.15) is 0 Å². The first-order valence-electron chi connectivity index (χ1n) is 9.08. The number of aryl methyl sites for hydroxylation is 1. The van der Waals surface area contributed by atoms with E-state index >= 15 is 0 Å². The average Bonchev–Trinajstić information content (AvgIpc) is 2.68. The minimum absolute atomic E-state index is 0.0861. The summed E-state index contributed by atoms with van der Waals surface area (Å²) in [7, 11) is 0. The molecule has 3 rings (SSSR count). The van der Waals surface area contributed by atoms with E-state index in [1.807, 2.05) is 0 Å². The Balaban J connectivity index is 1.92. The molecule has 0 radical (unpaired) electrons. The predicted molar refractivity (Wildman–Crippen MR) is 108 cm³/mol. The number of carboxylic acids is 1. The van der Waals surface area contributed by atoms with Gasteiger partial charge in [-0.25, -0.2) is 9.59 Å². The number of hydrogen-bond acceptors (Lipinski definition) is 5. The van der Waals surface area contributed by atoms with E-state index in [1.165, 1.54) is 6.07 Å². The normalized spacial score (nSPS) is 10.6. The van der Waals surface area contributed by atoms with Gasteiger partial charge in [-0.3, -0.25) is 9.78 Å². The molecule has 3 aromatic rings. The van der Waals surface area contributed by atoms with E-state index in [9.17, 15) is 19.5 Å². The number of aromatic carboxylic acids is 1. The van der Waals surface area contributed by atoms with Gasteiger partial charge in [-0.15, -0.1) is 0 Å². The number of carbonyl (C=O) groups is 3. The second kappa shape index (κ2) is 8.52. The molecular formula is C22H20N2O5. The minimum Gasteiger partial charge on any atom is -0.478 e. The lowest BCUT2D eigenvalue weighted by molar-refractivity contribution is -0.115. The molecule has 0 unspecified atom stereocenters. The van der Waals surface area contributed by atoms with Crippen LogP contribution in [0, 0.1) is 6.92 Å². The third kappa shape index (κ3) is 4.57. The van der Waals surface area contributed by atoms with E-state index in [0.29, 0.717) is 33.4 Å². The number of pyridine rings is 1. The second-order valence-corrected chi connectivity index (χ2v) is 6.45. The summed E-state index contributed by atoms with van der Waals surface area (Å²) >= 11 is 0. The molecule has 0 bridgehead atoms. The van der Waals surface area contributed by atoms with Crippen LogP contribution in [0.15, 0.2) is 48.5 Å². The maximum absolute atomic E-state index is 12.6. The van der Waals surface area contributed by atoms with Crippen LogP contribution >= 0.6 is 0 Å². The zero-order chi connectivity index (χ0) is 21.0. The highest BCUT2D eigenvalue weighted by Crippen LogP contribution is 2.25. The maximum atomic E-state index is 12.6. The predicted octanol–water partition coefficient (Wildman–Crippen LogP) is 3.60. The van der Waals surface area contributed by atoms with Crippen LogP contribution in [0.25, 0.3) is 10.9 Å². The number of ether oxygens (including phenoxy) is 1. The Morgan fingerprint density at radius 2 is 1.86 bits per heavy atom. The zero-order valence-corrected chi connectivity index (χ0v) is 16.1. The van der Waals surface area contributed by atoms with Crippen molar-refractivity contribution in [1.29, 1.82) is 0 Å². The van der Waals surface area contributed by atoms with Gasteiger partial charge in [0.05, 0.1) is 35.4 Å². The molecule has 0 spiro atoms. The van der Waals surface area contributed by atoms with Gasteiger partial charge in [0.25, 0.3) is 0 Å². The number of hydrogen-bond donors (Lipinski definition) is 2. The number of carbonyl (C=O) groups excluding carboxylic acids is 2. The van der Waals surface area contributed by atoms with Crippen LogP contribution in [0.3, 0.4) is 0 Å². The van der Waals surface area contributed by atoms with Crippen molar-refractivity contribution < 1.29 is 24.2 Å². The Morgan fingerprint density at radius 1 is 1.10 bits per heavy atom. The highest BCUT2D eigenvalue weighted by atomic mass is 16.5. The van der Waals surface area contributed by atoms with Gasteiger partial charge < -0.3 is 15.2 Å². The number of rotatable bonds is 6. The summed E-state index contributed by atoms with van der Waals surface area (Å²) in [6.07, 6.45) is -0.0943. The third-order valence-corrected chi connectivity index (χ3v) is 4.32. The van der Waals surface area contributed by atoms with Gasteiger partial charge in [0.2, 0.25) is 5.91 Å². The first-order chi connectivity index (χ1) is 13.9. The molecule has 2 N–H and O–H groups in total. The molecule has 148 valence electrons. The van der Waals surface area contributed by atoms with Crippen LogP contribution in [0.4, 0.5) is 5.69 Å². The summed E-state index contributed by atoms with van der Waals surface area (Å²) in [4.78, 5) is 40.4. The lowest BCUT2D eigenvalue weighted by Gasteiger charge is -2.12. The van der Waals surface area contributed by atoms with Crippen LogP contribution < -0.4 is 5.32 Å². The molecule has 2 aromatic carbocycles. The van der Waals surface area contributed by atoms with Gasteiger partial charge in [0, 0.05) is 11.1 Å². The van der Waals surface area contributed by atoms with E-state index < -0.39 is 11.9 Å². The Hall–Kier alpha value is -3.74. The average molecular weight is 392 g/mol. The molecule has 29 heavy (non-hydrogen) atoms. The molecule has 0 saturated heterocycles. The van der Waals surface area contributed by atoms with E-state index in [4.69, 9.17) is 4.74 Å². The van der Waals surface area contributed by atoms with E-state index in [0.717, 1.165) is 0 Å². The smallest absolute Gasteiger partial charge is 0.338 e. The molecule has 0 atom stereocenters. The molecule has 1 aromatic heterocycles. The van der Waals surface area contributed by atoms with Crippen molar-refractivity contribution in [2.24, 2.45) is 0 Å². The number of aromatic nitrogens is 1. The molecular weight excluding hydrogens is 372 g/mol. The number of nitrogens with one attached hydrogen (secondary N) is 1. The summed E-state index contributed by atoms with van der Waals surface area (Å²) in [6.45, 7) is 3.79. The van der Waals surface area contributed by atoms with Gasteiger partial charge in [0.15, 0.2) is 0 Å².